The fourth-order valence-corrected chi connectivity index (χ4v) is 4.06. The molecule has 2 heterocycles. The Balaban J connectivity index is 1.74. The normalized spacial score (nSPS) is 10.8. The molecule has 0 bridgehead atoms. The van der Waals surface area contributed by atoms with Gasteiger partial charge in [-0.3, -0.25) is 9.47 Å². The standard InChI is InChI=1S/C17H15Cl3N4O2S/c1-2-4-24(17(25)23-5-3-21-10-23)16-22-12(9-27-16)8-26-15-13(19)6-11(18)7-14(15)20/h3,5-7,9-10H,2,4,8H2,1H3. The van der Waals surface area contributed by atoms with Crippen molar-refractivity contribution >= 4 is 57.3 Å². The molecule has 0 atom stereocenters. The number of hydrogen-bond donors (Lipinski definition) is 0. The van der Waals surface area contributed by atoms with Gasteiger partial charge in [-0.1, -0.05) is 41.7 Å². The van der Waals surface area contributed by atoms with Crippen molar-refractivity contribution in [2.75, 3.05) is 11.4 Å². The van der Waals surface area contributed by atoms with Crippen LogP contribution in [0.1, 0.15) is 19.0 Å². The minimum absolute atomic E-state index is 0.163. The number of anilines is 1. The average molecular weight is 446 g/mol. The first-order valence-electron chi connectivity index (χ1n) is 8.01. The van der Waals surface area contributed by atoms with Gasteiger partial charge in [0.05, 0.1) is 15.7 Å². The summed E-state index contributed by atoms with van der Waals surface area (Å²) in [5, 5.41) is 3.50. The molecule has 3 aromatic rings. The molecular weight excluding hydrogens is 431 g/mol. The van der Waals surface area contributed by atoms with Gasteiger partial charge in [0, 0.05) is 29.3 Å². The summed E-state index contributed by atoms with van der Waals surface area (Å²) in [6.45, 7) is 2.70. The van der Waals surface area contributed by atoms with E-state index in [-0.39, 0.29) is 12.6 Å². The van der Waals surface area contributed by atoms with Crippen LogP contribution in [-0.2, 0) is 6.61 Å². The molecule has 6 nitrogen and oxygen atoms in total. The summed E-state index contributed by atoms with van der Waals surface area (Å²) in [7, 11) is 0. The molecule has 0 aliphatic heterocycles. The van der Waals surface area contributed by atoms with Gasteiger partial charge in [-0.2, -0.15) is 0 Å². The second-order valence-corrected chi connectivity index (χ2v) is 7.60. The first kappa shape index (κ1) is 19.9. The van der Waals surface area contributed by atoms with Crippen LogP contribution in [0.5, 0.6) is 5.75 Å². The number of nitrogens with zero attached hydrogens (tertiary/aromatic N) is 4. The summed E-state index contributed by atoms with van der Waals surface area (Å²) in [6.07, 6.45) is 5.42. The molecule has 1 aromatic carbocycles. The smallest absolute Gasteiger partial charge is 0.335 e. The van der Waals surface area contributed by atoms with Crippen LogP contribution >= 0.6 is 46.1 Å². The molecule has 3 rings (SSSR count). The maximum absolute atomic E-state index is 12.6. The van der Waals surface area contributed by atoms with E-state index < -0.39 is 0 Å². The largest absolute Gasteiger partial charge is 0.484 e. The average Bonchev–Trinajstić information content (AvgIpc) is 3.30. The molecule has 10 heteroatoms. The van der Waals surface area contributed by atoms with Crippen LogP contribution in [0.2, 0.25) is 15.1 Å². The number of carbonyl (C=O) groups is 1. The van der Waals surface area contributed by atoms with Gasteiger partial charge < -0.3 is 4.74 Å². The van der Waals surface area contributed by atoms with Crippen molar-refractivity contribution < 1.29 is 9.53 Å². The molecule has 0 saturated heterocycles. The SMILES string of the molecule is CCCN(C(=O)n1ccnc1)c1nc(COc2c(Cl)cc(Cl)cc2Cl)cs1. The Morgan fingerprint density at radius 1 is 1.30 bits per heavy atom. The van der Waals surface area contributed by atoms with E-state index in [1.165, 1.54) is 22.2 Å². The number of aromatic nitrogens is 3. The van der Waals surface area contributed by atoms with Crippen LogP contribution in [0.4, 0.5) is 9.93 Å². The van der Waals surface area contributed by atoms with Crippen LogP contribution in [0.15, 0.2) is 36.2 Å². The number of thiazole rings is 1. The van der Waals surface area contributed by atoms with Gasteiger partial charge in [0.1, 0.15) is 12.9 Å². The van der Waals surface area contributed by atoms with Crippen molar-refractivity contribution in [2.24, 2.45) is 0 Å². The zero-order chi connectivity index (χ0) is 19.4. The second-order valence-electron chi connectivity index (χ2n) is 5.51. The molecule has 27 heavy (non-hydrogen) atoms. The van der Waals surface area contributed by atoms with Crippen molar-refractivity contribution in [3.8, 4) is 5.75 Å². The number of ether oxygens (including phenoxy) is 1. The van der Waals surface area contributed by atoms with Crippen LogP contribution in [0.25, 0.3) is 0 Å². The highest BCUT2D eigenvalue weighted by atomic mass is 35.5. The van der Waals surface area contributed by atoms with E-state index in [0.29, 0.717) is 38.2 Å². The van der Waals surface area contributed by atoms with E-state index in [1.807, 2.05) is 12.3 Å². The number of halogens is 3. The predicted molar refractivity (Wildman–Crippen MR) is 109 cm³/mol. The Morgan fingerprint density at radius 2 is 2.04 bits per heavy atom. The maximum Gasteiger partial charge on any atom is 0.335 e. The van der Waals surface area contributed by atoms with Crippen molar-refractivity contribution in [1.29, 1.82) is 0 Å². The molecule has 0 spiro atoms. The van der Waals surface area contributed by atoms with Crippen LogP contribution in [0.3, 0.4) is 0 Å². The number of hydrogen-bond acceptors (Lipinski definition) is 5. The molecular formula is C17H15Cl3N4O2S. The first-order valence-corrected chi connectivity index (χ1v) is 10.0. The van der Waals surface area contributed by atoms with Gasteiger partial charge in [0.25, 0.3) is 0 Å². The Labute approximate surface area is 175 Å². The van der Waals surface area contributed by atoms with E-state index in [9.17, 15) is 4.79 Å². The lowest BCUT2D eigenvalue weighted by Crippen LogP contribution is -2.34. The number of imidazole rings is 1. The minimum Gasteiger partial charge on any atom is -0.484 e. The number of rotatable bonds is 6. The molecule has 0 aliphatic carbocycles. The zero-order valence-corrected chi connectivity index (χ0v) is 17.3. The Morgan fingerprint density at radius 3 is 2.67 bits per heavy atom. The first-order chi connectivity index (χ1) is 13.0. The van der Waals surface area contributed by atoms with Crippen molar-refractivity contribution in [1.82, 2.24) is 14.5 Å². The summed E-state index contributed by atoms with van der Waals surface area (Å²) in [5.74, 6) is 0.345. The molecule has 142 valence electrons. The highest BCUT2D eigenvalue weighted by molar-refractivity contribution is 7.14. The molecule has 0 N–H and O–H groups in total. The van der Waals surface area contributed by atoms with E-state index in [0.717, 1.165) is 6.42 Å². The number of amides is 1. The monoisotopic (exact) mass is 444 g/mol. The van der Waals surface area contributed by atoms with Crippen LogP contribution < -0.4 is 9.64 Å². The quantitative estimate of drug-likeness (QED) is 0.484. The van der Waals surface area contributed by atoms with Gasteiger partial charge in [-0.05, 0) is 18.6 Å². The van der Waals surface area contributed by atoms with E-state index in [2.05, 4.69) is 9.97 Å². The maximum atomic E-state index is 12.6. The highest BCUT2D eigenvalue weighted by Crippen LogP contribution is 2.36. The molecule has 0 unspecified atom stereocenters. The third kappa shape index (κ3) is 4.73. The fourth-order valence-electron chi connectivity index (χ4n) is 2.31. The summed E-state index contributed by atoms with van der Waals surface area (Å²) < 4.78 is 7.11. The van der Waals surface area contributed by atoms with E-state index in [4.69, 9.17) is 39.5 Å². The lowest BCUT2D eigenvalue weighted by molar-refractivity contribution is 0.247. The van der Waals surface area contributed by atoms with E-state index >= 15 is 0 Å². The third-order valence-corrected chi connectivity index (χ3v) is 5.19. The molecule has 0 fully saturated rings. The highest BCUT2D eigenvalue weighted by Gasteiger charge is 2.20. The van der Waals surface area contributed by atoms with Crippen molar-refractivity contribution in [3.63, 3.8) is 0 Å². The van der Waals surface area contributed by atoms with Gasteiger partial charge in [-0.15, -0.1) is 11.3 Å². The topological polar surface area (TPSA) is 60.2 Å². The Bertz CT molecular complexity index is 907. The lowest BCUT2D eigenvalue weighted by atomic mass is 10.3. The molecule has 0 radical (unpaired) electrons. The number of carbonyl (C=O) groups excluding carboxylic acids is 1. The van der Waals surface area contributed by atoms with Gasteiger partial charge in [0.15, 0.2) is 10.9 Å². The third-order valence-electron chi connectivity index (χ3n) is 3.50. The van der Waals surface area contributed by atoms with Gasteiger partial charge in [0.2, 0.25) is 0 Å². The lowest BCUT2D eigenvalue weighted by Gasteiger charge is -2.18. The van der Waals surface area contributed by atoms with Crippen LogP contribution in [-0.4, -0.2) is 27.1 Å². The molecule has 0 aliphatic rings. The number of benzene rings is 1. The van der Waals surface area contributed by atoms with Crippen molar-refractivity contribution in [3.05, 3.63) is 57.0 Å². The predicted octanol–water partition coefficient (Wildman–Crippen LogP) is 5.76. The molecule has 1 amide bonds. The molecule has 2 aromatic heterocycles. The van der Waals surface area contributed by atoms with Crippen molar-refractivity contribution in [2.45, 2.75) is 20.0 Å². The van der Waals surface area contributed by atoms with Gasteiger partial charge in [-0.25, -0.2) is 14.8 Å². The minimum atomic E-state index is -0.208. The fraction of sp³-hybridized carbons (Fsp3) is 0.235. The summed E-state index contributed by atoms with van der Waals surface area (Å²) in [6, 6.07) is 2.91. The summed E-state index contributed by atoms with van der Waals surface area (Å²) >= 11 is 19.5. The van der Waals surface area contributed by atoms with Crippen LogP contribution in [0, 0.1) is 0 Å². The Hall–Kier alpha value is -1.80. The second kappa shape index (κ2) is 8.93. The van der Waals surface area contributed by atoms with Gasteiger partial charge >= 0.3 is 6.03 Å². The van der Waals surface area contributed by atoms with E-state index in [1.54, 1.807) is 29.4 Å². The summed E-state index contributed by atoms with van der Waals surface area (Å²) in [5.41, 5.74) is 0.664. The Kier molecular flexibility index (Phi) is 6.59. The molecule has 0 saturated carbocycles. The summed E-state index contributed by atoms with van der Waals surface area (Å²) in [4.78, 5) is 22.7. The zero-order valence-electron chi connectivity index (χ0n) is 14.2.